The van der Waals surface area contributed by atoms with Gasteiger partial charge >= 0.3 is 5.97 Å². The van der Waals surface area contributed by atoms with Gasteiger partial charge in [-0.3, -0.25) is 0 Å². The zero-order valence-electron chi connectivity index (χ0n) is 13.5. The van der Waals surface area contributed by atoms with Crippen LogP contribution >= 0.6 is 0 Å². The van der Waals surface area contributed by atoms with Gasteiger partial charge in [0.15, 0.2) is 0 Å². The Bertz CT molecular complexity index is 879. The van der Waals surface area contributed by atoms with Gasteiger partial charge in [-0.25, -0.2) is 4.79 Å². The fraction of sp³-hybridized carbons (Fsp3) is 0.0455. The molecule has 3 aromatic rings. The molecule has 0 saturated heterocycles. The average Bonchev–Trinajstić information content (AvgIpc) is 2.63. The highest BCUT2D eigenvalue weighted by Gasteiger charge is 2.14. The Morgan fingerprint density at radius 2 is 1.29 bits per heavy atom. The molecule has 0 atom stereocenters. The van der Waals surface area contributed by atoms with Crippen molar-refractivity contribution in [3.05, 3.63) is 91.0 Å². The molecular weight excluding hydrogens is 296 g/mol. The van der Waals surface area contributed by atoms with Gasteiger partial charge in [0.05, 0.1) is 0 Å². The molecule has 0 spiro atoms. The lowest BCUT2D eigenvalue weighted by atomic mass is 9.94. The van der Waals surface area contributed by atoms with Crippen molar-refractivity contribution in [2.75, 3.05) is 0 Å². The molecule has 0 aliphatic heterocycles. The van der Waals surface area contributed by atoms with Crippen molar-refractivity contribution in [3.63, 3.8) is 0 Å². The normalized spacial score (nSPS) is 10.2. The quantitative estimate of drug-likeness (QED) is 0.361. The first-order valence-electron chi connectivity index (χ1n) is 7.78. The summed E-state index contributed by atoms with van der Waals surface area (Å²) in [5.41, 5.74) is 4.49. The smallest absolute Gasteiger partial charge is 0.338 e. The van der Waals surface area contributed by atoms with E-state index in [9.17, 15) is 4.79 Å². The van der Waals surface area contributed by atoms with E-state index in [-0.39, 0.29) is 0 Å². The molecule has 3 aromatic carbocycles. The SMILES string of the molecule is C=C(C)C(=O)Oc1ccccc1-c1ccccc1-c1ccccc1. The molecule has 0 heterocycles. The van der Waals surface area contributed by atoms with Gasteiger partial charge in [0.1, 0.15) is 5.75 Å². The summed E-state index contributed by atoms with van der Waals surface area (Å²) in [5, 5.41) is 0. The number of para-hydroxylation sites is 1. The van der Waals surface area contributed by atoms with Gasteiger partial charge in [-0.1, -0.05) is 79.4 Å². The Balaban J connectivity index is 2.11. The molecule has 0 fully saturated rings. The summed E-state index contributed by atoms with van der Waals surface area (Å²) < 4.78 is 5.51. The second kappa shape index (κ2) is 6.97. The van der Waals surface area contributed by atoms with Crippen molar-refractivity contribution in [1.29, 1.82) is 0 Å². The van der Waals surface area contributed by atoms with E-state index >= 15 is 0 Å². The van der Waals surface area contributed by atoms with E-state index in [4.69, 9.17) is 4.74 Å². The molecule has 0 aromatic heterocycles. The van der Waals surface area contributed by atoms with E-state index in [1.807, 2.05) is 54.6 Å². The molecule has 24 heavy (non-hydrogen) atoms. The molecule has 0 radical (unpaired) electrons. The fourth-order valence-electron chi connectivity index (χ4n) is 2.55. The standard InChI is InChI=1S/C22H18O2/c1-16(2)22(23)24-21-15-9-8-14-20(21)19-13-7-6-12-18(19)17-10-4-3-5-11-17/h3-15H,1H2,2H3. The lowest BCUT2D eigenvalue weighted by Crippen LogP contribution is -2.09. The maximum absolute atomic E-state index is 11.9. The summed E-state index contributed by atoms with van der Waals surface area (Å²) in [6, 6.07) is 25.8. The maximum atomic E-state index is 11.9. The van der Waals surface area contributed by atoms with E-state index in [0.29, 0.717) is 11.3 Å². The minimum Gasteiger partial charge on any atom is -0.423 e. The van der Waals surface area contributed by atoms with Crippen LogP contribution in [0.4, 0.5) is 0 Å². The van der Waals surface area contributed by atoms with Crippen LogP contribution in [0.2, 0.25) is 0 Å². The van der Waals surface area contributed by atoms with Gasteiger partial charge < -0.3 is 4.74 Å². The molecule has 0 unspecified atom stereocenters. The molecule has 0 aliphatic rings. The number of esters is 1. The third-order valence-electron chi connectivity index (χ3n) is 3.74. The number of carbonyl (C=O) groups excluding carboxylic acids is 1. The Kier molecular flexibility index (Phi) is 4.57. The van der Waals surface area contributed by atoms with Crippen molar-refractivity contribution < 1.29 is 9.53 Å². The Hall–Kier alpha value is -3.13. The highest BCUT2D eigenvalue weighted by Crippen LogP contribution is 2.37. The van der Waals surface area contributed by atoms with E-state index in [2.05, 4.69) is 24.8 Å². The number of carbonyl (C=O) groups is 1. The third kappa shape index (κ3) is 3.28. The van der Waals surface area contributed by atoms with Gasteiger partial charge in [-0.2, -0.15) is 0 Å². The summed E-state index contributed by atoms with van der Waals surface area (Å²) in [7, 11) is 0. The minimum absolute atomic E-state index is 0.376. The molecule has 2 nitrogen and oxygen atoms in total. The molecule has 3 rings (SSSR count). The number of hydrogen-bond acceptors (Lipinski definition) is 2. The van der Waals surface area contributed by atoms with E-state index in [1.165, 1.54) is 0 Å². The lowest BCUT2D eigenvalue weighted by Gasteiger charge is -2.14. The van der Waals surface area contributed by atoms with Gasteiger partial charge in [0.2, 0.25) is 0 Å². The predicted octanol–water partition coefficient (Wildman–Crippen LogP) is 5.50. The highest BCUT2D eigenvalue weighted by atomic mass is 16.5. The third-order valence-corrected chi connectivity index (χ3v) is 3.74. The van der Waals surface area contributed by atoms with Crippen molar-refractivity contribution >= 4 is 5.97 Å². The summed E-state index contributed by atoms with van der Waals surface area (Å²) in [4.78, 5) is 11.9. The number of benzene rings is 3. The van der Waals surface area contributed by atoms with Gasteiger partial charge in [-0.15, -0.1) is 0 Å². The number of ether oxygens (including phenoxy) is 1. The Labute approximate surface area is 142 Å². The Morgan fingerprint density at radius 1 is 0.750 bits per heavy atom. The molecule has 0 saturated carbocycles. The summed E-state index contributed by atoms with van der Waals surface area (Å²) in [6.07, 6.45) is 0. The summed E-state index contributed by atoms with van der Waals surface area (Å²) in [5.74, 6) is 0.119. The Morgan fingerprint density at radius 3 is 1.96 bits per heavy atom. The van der Waals surface area contributed by atoms with Crippen molar-refractivity contribution in [2.24, 2.45) is 0 Å². The first-order valence-corrected chi connectivity index (χ1v) is 7.78. The van der Waals surface area contributed by atoms with Crippen molar-refractivity contribution in [3.8, 4) is 28.0 Å². The topological polar surface area (TPSA) is 26.3 Å². The zero-order valence-corrected chi connectivity index (χ0v) is 13.5. The largest absolute Gasteiger partial charge is 0.423 e. The van der Waals surface area contributed by atoms with Gasteiger partial charge in [0, 0.05) is 11.1 Å². The van der Waals surface area contributed by atoms with Gasteiger partial charge in [0.25, 0.3) is 0 Å². The minimum atomic E-state index is -0.417. The second-order valence-electron chi connectivity index (χ2n) is 5.58. The fourth-order valence-corrected chi connectivity index (χ4v) is 2.55. The van der Waals surface area contributed by atoms with Crippen molar-refractivity contribution in [2.45, 2.75) is 6.92 Å². The zero-order chi connectivity index (χ0) is 16.9. The average molecular weight is 314 g/mol. The highest BCUT2D eigenvalue weighted by molar-refractivity contribution is 5.92. The van der Waals surface area contributed by atoms with Crippen LogP contribution in [0.3, 0.4) is 0 Å². The summed E-state index contributed by atoms with van der Waals surface area (Å²) >= 11 is 0. The summed E-state index contributed by atoms with van der Waals surface area (Å²) in [6.45, 7) is 5.29. The number of rotatable bonds is 4. The van der Waals surface area contributed by atoms with Crippen LogP contribution in [0.1, 0.15) is 6.92 Å². The van der Waals surface area contributed by atoms with Crippen LogP contribution in [0, 0.1) is 0 Å². The molecule has 0 N–H and O–H groups in total. The van der Waals surface area contributed by atoms with Crippen LogP contribution in [0.5, 0.6) is 5.75 Å². The second-order valence-corrected chi connectivity index (χ2v) is 5.58. The molecule has 2 heteroatoms. The molecule has 0 bridgehead atoms. The maximum Gasteiger partial charge on any atom is 0.338 e. The molecule has 118 valence electrons. The first-order chi connectivity index (χ1) is 11.7. The number of hydrogen-bond donors (Lipinski definition) is 0. The van der Waals surface area contributed by atoms with E-state index < -0.39 is 5.97 Å². The van der Waals surface area contributed by atoms with E-state index in [1.54, 1.807) is 13.0 Å². The van der Waals surface area contributed by atoms with Crippen LogP contribution in [0.25, 0.3) is 22.3 Å². The van der Waals surface area contributed by atoms with Crippen LogP contribution in [-0.2, 0) is 4.79 Å². The van der Waals surface area contributed by atoms with Gasteiger partial charge in [-0.05, 0) is 29.7 Å². The predicted molar refractivity (Wildman–Crippen MR) is 97.8 cm³/mol. The van der Waals surface area contributed by atoms with Crippen LogP contribution < -0.4 is 4.74 Å². The monoisotopic (exact) mass is 314 g/mol. The lowest BCUT2D eigenvalue weighted by molar-refractivity contribution is -0.130. The molecule has 0 aliphatic carbocycles. The molecular formula is C22H18O2. The van der Waals surface area contributed by atoms with Crippen LogP contribution in [0.15, 0.2) is 91.0 Å². The van der Waals surface area contributed by atoms with E-state index in [0.717, 1.165) is 22.3 Å². The first kappa shape index (κ1) is 15.8. The molecule has 0 amide bonds. The van der Waals surface area contributed by atoms with Crippen molar-refractivity contribution in [1.82, 2.24) is 0 Å². The van der Waals surface area contributed by atoms with Crippen LogP contribution in [-0.4, -0.2) is 5.97 Å².